The molecule has 0 bridgehead atoms. The molecule has 0 aliphatic carbocycles. The molecule has 70 valence electrons. The predicted octanol–water partition coefficient (Wildman–Crippen LogP) is 3.97. The van der Waals surface area contributed by atoms with Crippen molar-refractivity contribution >= 4 is 0 Å². The molecule has 2 aromatic rings. The lowest BCUT2D eigenvalue weighted by molar-refractivity contribution is 1.44. The Morgan fingerprint density at radius 1 is 0.857 bits per heavy atom. The zero-order valence-corrected chi connectivity index (χ0v) is 8.46. The lowest BCUT2D eigenvalue weighted by Gasteiger charge is -2.03. The van der Waals surface area contributed by atoms with Crippen molar-refractivity contribution in [2.75, 3.05) is 0 Å². The fourth-order valence-corrected chi connectivity index (χ4v) is 1.47. The van der Waals surface area contributed by atoms with E-state index in [2.05, 4.69) is 0 Å². The van der Waals surface area contributed by atoms with Gasteiger partial charge in [0.1, 0.15) is 0 Å². The molecule has 0 radical (unpaired) electrons. The first kappa shape index (κ1) is 6.83. The average molecular weight is 184 g/mol. The standard InChI is InChI=1S/C14H14/c1-11-5-3-7-13(9-11)14-8-4-6-12(2)10-14/h3-10H,1-2H3/i7D,8D. The number of benzene rings is 2. The smallest absolute Gasteiger partial charge is 0.0614 e. The van der Waals surface area contributed by atoms with E-state index in [9.17, 15) is 0 Å². The van der Waals surface area contributed by atoms with Crippen LogP contribution in [0.1, 0.15) is 13.9 Å². The molecule has 0 aliphatic rings. The van der Waals surface area contributed by atoms with Crippen molar-refractivity contribution in [3.05, 3.63) is 59.6 Å². The molecule has 0 aliphatic heterocycles. The molecule has 14 heavy (non-hydrogen) atoms. The fraction of sp³-hybridized carbons (Fsp3) is 0.143. The number of rotatable bonds is 1. The first-order chi connectivity index (χ1) is 7.58. The lowest BCUT2D eigenvalue weighted by atomic mass is 10.0. The zero-order chi connectivity index (χ0) is 11.7. The summed E-state index contributed by atoms with van der Waals surface area (Å²) in [6.45, 7) is 4.00. The molecule has 0 atom stereocenters. The van der Waals surface area contributed by atoms with Crippen molar-refractivity contribution in [3.8, 4) is 11.1 Å². The molecule has 0 saturated heterocycles. The van der Waals surface area contributed by atoms with Crippen LogP contribution in [0.5, 0.6) is 0 Å². The van der Waals surface area contributed by atoms with Gasteiger partial charge in [0.25, 0.3) is 0 Å². The highest BCUT2D eigenvalue weighted by Crippen LogP contribution is 2.20. The minimum Gasteiger partial charge on any atom is -0.0614 e. The van der Waals surface area contributed by atoms with Gasteiger partial charge in [0, 0.05) is 0 Å². The molecule has 0 saturated carbocycles. The second-order valence-corrected chi connectivity index (χ2v) is 3.56. The first-order valence-corrected chi connectivity index (χ1v) is 4.73. The first-order valence-electron chi connectivity index (χ1n) is 5.73. The molecule has 0 fully saturated rings. The Bertz CT molecular complexity index is 481. The summed E-state index contributed by atoms with van der Waals surface area (Å²) >= 11 is 0. The molecular formula is C14H14. The van der Waals surface area contributed by atoms with Crippen molar-refractivity contribution in [2.45, 2.75) is 13.8 Å². The molecule has 0 N–H and O–H groups in total. The summed E-state index contributed by atoms with van der Waals surface area (Å²) in [6, 6.07) is 12.3. The molecule has 0 heterocycles. The summed E-state index contributed by atoms with van der Waals surface area (Å²) in [5.74, 6) is 0. The van der Waals surface area contributed by atoms with Crippen LogP contribution in [0.3, 0.4) is 0 Å². The van der Waals surface area contributed by atoms with Gasteiger partial charge in [-0.3, -0.25) is 0 Å². The largest absolute Gasteiger partial charge is 0.0629 e. The van der Waals surface area contributed by atoms with E-state index in [0.717, 1.165) is 22.3 Å². The maximum absolute atomic E-state index is 7.89. The van der Waals surface area contributed by atoms with Crippen LogP contribution < -0.4 is 0 Å². The molecule has 0 heteroatoms. The van der Waals surface area contributed by atoms with Gasteiger partial charge in [-0.2, -0.15) is 0 Å². The van der Waals surface area contributed by atoms with Gasteiger partial charge in [-0.05, 0) is 25.0 Å². The minimum absolute atomic E-state index is 0.477. The summed E-state index contributed by atoms with van der Waals surface area (Å²) in [6.07, 6.45) is 0. The van der Waals surface area contributed by atoms with Crippen LogP contribution in [0.4, 0.5) is 0 Å². The van der Waals surface area contributed by atoms with Crippen LogP contribution in [-0.2, 0) is 0 Å². The van der Waals surface area contributed by atoms with E-state index in [-0.39, 0.29) is 0 Å². The van der Waals surface area contributed by atoms with Crippen molar-refractivity contribution in [3.63, 3.8) is 0 Å². The van der Waals surface area contributed by atoms with Crippen LogP contribution >= 0.6 is 0 Å². The van der Waals surface area contributed by atoms with Gasteiger partial charge in [-0.25, -0.2) is 0 Å². The number of hydrogen-bond acceptors (Lipinski definition) is 0. The maximum atomic E-state index is 7.89. The Kier molecular flexibility index (Phi) is 1.79. The normalized spacial score (nSPS) is 12.1. The van der Waals surface area contributed by atoms with Crippen LogP contribution in [0.25, 0.3) is 11.1 Å². The summed E-state index contributed by atoms with van der Waals surface area (Å²) in [5, 5.41) is 0. The SMILES string of the molecule is [2H]c1ccc(C)cc1-c1cc(C)ccc1[2H]. The highest BCUT2D eigenvalue weighted by molar-refractivity contribution is 5.64. The van der Waals surface area contributed by atoms with Gasteiger partial charge in [0.05, 0.1) is 2.74 Å². The quantitative estimate of drug-likeness (QED) is 0.629. The van der Waals surface area contributed by atoms with Gasteiger partial charge in [-0.1, -0.05) is 59.6 Å². The highest BCUT2D eigenvalue weighted by atomic mass is 14.0. The number of aryl methyl sites for hydroxylation is 2. The van der Waals surface area contributed by atoms with Gasteiger partial charge in [-0.15, -0.1) is 0 Å². The summed E-state index contributed by atoms with van der Waals surface area (Å²) < 4.78 is 15.8. The fourth-order valence-electron chi connectivity index (χ4n) is 1.47. The lowest BCUT2D eigenvalue weighted by Crippen LogP contribution is -1.80. The van der Waals surface area contributed by atoms with E-state index < -0.39 is 0 Å². The Balaban J connectivity index is 2.66. The van der Waals surface area contributed by atoms with Crippen molar-refractivity contribution in [1.82, 2.24) is 0 Å². The van der Waals surface area contributed by atoms with Gasteiger partial charge < -0.3 is 0 Å². The Morgan fingerprint density at radius 3 is 1.71 bits per heavy atom. The topological polar surface area (TPSA) is 0 Å². The Labute approximate surface area is 88.0 Å². The van der Waals surface area contributed by atoms with E-state index in [0.29, 0.717) is 12.1 Å². The van der Waals surface area contributed by atoms with Crippen molar-refractivity contribution in [1.29, 1.82) is 0 Å². The van der Waals surface area contributed by atoms with E-state index in [1.165, 1.54) is 0 Å². The second kappa shape index (κ2) is 3.67. The van der Waals surface area contributed by atoms with Gasteiger partial charge >= 0.3 is 0 Å². The monoisotopic (exact) mass is 184 g/mol. The van der Waals surface area contributed by atoms with Gasteiger partial charge in [0.15, 0.2) is 0 Å². The average Bonchev–Trinajstić information content (AvgIpc) is 2.25. The highest BCUT2D eigenvalue weighted by Gasteiger charge is 1.96. The van der Waals surface area contributed by atoms with Crippen LogP contribution in [0.2, 0.25) is 0 Å². The molecule has 2 rings (SSSR count). The van der Waals surface area contributed by atoms with Crippen LogP contribution in [0.15, 0.2) is 48.5 Å². The molecule has 0 nitrogen and oxygen atoms in total. The zero-order valence-electron chi connectivity index (χ0n) is 10.5. The summed E-state index contributed by atoms with van der Waals surface area (Å²) in [5.41, 5.74) is 3.92. The minimum atomic E-state index is 0.477. The van der Waals surface area contributed by atoms with Gasteiger partial charge in [0.2, 0.25) is 0 Å². The van der Waals surface area contributed by atoms with E-state index in [1.807, 2.05) is 38.1 Å². The van der Waals surface area contributed by atoms with E-state index in [4.69, 9.17) is 2.74 Å². The second-order valence-electron chi connectivity index (χ2n) is 3.56. The van der Waals surface area contributed by atoms with E-state index >= 15 is 0 Å². The third-order valence-electron chi connectivity index (χ3n) is 2.20. The molecular weight excluding hydrogens is 168 g/mol. The van der Waals surface area contributed by atoms with Crippen LogP contribution in [0, 0.1) is 13.8 Å². The summed E-state index contributed by atoms with van der Waals surface area (Å²) in [7, 11) is 0. The Hall–Kier alpha value is -1.56. The third-order valence-corrected chi connectivity index (χ3v) is 2.20. The Morgan fingerprint density at radius 2 is 1.29 bits per heavy atom. The predicted molar refractivity (Wildman–Crippen MR) is 61.4 cm³/mol. The maximum Gasteiger partial charge on any atom is 0.0629 e. The summed E-state index contributed by atoms with van der Waals surface area (Å²) in [4.78, 5) is 0. The molecule has 0 unspecified atom stereocenters. The third kappa shape index (κ3) is 1.85. The molecule has 0 aromatic heterocycles. The molecule has 0 spiro atoms. The van der Waals surface area contributed by atoms with Crippen LogP contribution in [-0.4, -0.2) is 0 Å². The molecule has 0 amide bonds. The van der Waals surface area contributed by atoms with Crippen molar-refractivity contribution < 1.29 is 2.74 Å². The van der Waals surface area contributed by atoms with Crippen molar-refractivity contribution in [2.24, 2.45) is 0 Å². The molecule has 2 aromatic carbocycles. The number of hydrogen-bond donors (Lipinski definition) is 0. The van der Waals surface area contributed by atoms with E-state index in [1.54, 1.807) is 12.1 Å².